The summed E-state index contributed by atoms with van der Waals surface area (Å²) in [6.07, 6.45) is 28.1. The summed E-state index contributed by atoms with van der Waals surface area (Å²) in [5, 5.41) is 0.884. The van der Waals surface area contributed by atoms with Crippen molar-refractivity contribution in [3.8, 4) is 0 Å². The van der Waals surface area contributed by atoms with Crippen molar-refractivity contribution in [3.05, 3.63) is 0 Å². The molecule has 0 spiro atoms. The fourth-order valence-corrected chi connectivity index (χ4v) is 4.77. The van der Waals surface area contributed by atoms with Crippen molar-refractivity contribution in [2.75, 3.05) is 45.0 Å². The summed E-state index contributed by atoms with van der Waals surface area (Å²) in [4.78, 5) is 0. The largest absolute Gasteiger partial charge is 0.379 e. The SMILES string of the molecule is CCCCCCCCCCCCC(CCCCCCCCCC)COCCOCCOCCBr. The number of hydrogen-bond donors (Lipinski definition) is 0. The molecule has 0 bridgehead atoms. The average Bonchev–Trinajstić information content (AvgIpc) is 2.85. The normalized spacial score (nSPS) is 12.4. The summed E-state index contributed by atoms with van der Waals surface area (Å²) in [6.45, 7) is 8.98. The van der Waals surface area contributed by atoms with Crippen LogP contribution < -0.4 is 0 Å². The van der Waals surface area contributed by atoms with Gasteiger partial charge in [-0.15, -0.1) is 0 Å². The molecule has 0 fully saturated rings. The molecule has 0 amide bonds. The van der Waals surface area contributed by atoms with Gasteiger partial charge in [0.05, 0.1) is 33.0 Å². The molecule has 0 aromatic carbocycles. The Morgan fingerprint density at radius 1 is 0.441 bits per heavy atom. The van der Waals surface area contributed by atoms with E-state index in [9.17, 15) is 0 Å². The number of halogens is 1. The van der Waals surface area contributed by atoms with Crippen molar-refractivity contribution in [3.63, 3.8) is 0 Å². The van der Waals surface area contributed by atoms with Gasteiger partial charge >= 0.3 is 0 Å². The van der Waals surface area contributed by atoms with Crippen molar-refractivity contribution in [1.29, 1.82) is 0 Å². The predicted octanol–water partition coefficient (Wildman–Crippen LogP) is 9.89. The molecule has 34 heavy (non-hydrogen) atoms. The Morgan fingerprint density at radius 3 is 1.21 bits per heavy atom. The summed E-state index contributed by atoms with van der Waals surface area (Å²) < 4.78 is 17.0. The summed E-state index contributed by atoms with van der Waals surface area (Å²) in [5.74, 6) is 0.733. The molecule has 0 aliphatic rings. The maximum atomic E-state index is 6.02. The van der Waals surface area contributed by atoms with Crippen LogP contribution in [0, 0.1) is 5.92 Å². The van der Waals surface area contributed by atoms with Crippen molar-refractivity contribution >= 4 is 15.9 Å². The first-order valence-corrected chi connectivity index (χ1v) is 16.3. The lowest BCUT2D eigenvalue weighted by molar-refractivity contribution is 0.00789. The van der Waals surface area contributed by atoms with E-state index in [0.29, 0.717) is 26.4 Å². The highest BCUT2D eigenvalue weighted by Crippen LogP contribution is 2.20. The van der Waals surface area contributed by atoms with Crippen molar-refractivity contribution < 1.29 is 14.2 Å². The zero-order valence-corrected chi connectivity index (χ0v) is 24.9. The maximum Gasteiger partial charge on any atom is 0.0701 e. The van der Waals surface area contributed by atoms with E-state index in [-0.39, 0.29) is 0 Å². The Morgan fingerprint density at radius 2 is 0.794 bits per heavy atom. The van der Waals surface area contributed by atoms with Crippen LogP contribution in [0.4, 0.5) is 0 Å². The van der Waals surface area contributed by atoms with Gasteiger partial charge in [-0.2, -0.15) is 0 Å². The lowest BCUT2D eigenvalue weighted by atomic mass is 9.94. The van der Waals surface area contributed by atoms with Gasteiger partial charge < -0.3 is 14.2 Å². The van der Waals surface area contributed by atoms with Crippen LogP contribution in [0.25, 0.3) is 0 Å². The van der Waals surface area contributed by atoms with Crippen molar-refractivity contribution in [1.82, 2.24) is 0 Å². The molecule has 0 N–H and O–H groups in total. The standard InChI is InChI=1S/C30H61BrO3/c1-3-5-7-9-11-13-14-16-18-20-22-30(21-19-17-15-12-10-8-6-4-2)29-34-28-27-33-26-25-32-24-23-31/h30H,3-29H2,1-2H3. The van der Waals surface area contributed by atoms with Crippen LogP contribution in [-0.4, -0.2) is 45.0 Å². The Balaban J connectivity index is 3.84. The molecule has 1 unspecified atom stereocenters. The van der Waals surface area contributed by atoms with Crippen LogP contribution in [0.5, 0.6) is 0 Å². The molecular formula is C30H61BrO3. The number of unbranched alkanes of at least 4 members (excludes halogenated alkanes) is 16. The van der Waals surface area contributed by atoms with E-state index in [1.54, 1.807) is 0 Å². The lowest BCUT2D eigenvalue weighted by Crippen LogP contribution is -2.14. The van der Waals surface area contributed by atoms with E-state index in [4.69, 9.17) is 14.2 Å². The first-order chi connectivity index (χ1) is 16.8. The highest BCUT2D eigenvalue weighted by Gasteiger charge is 2.09. The fourth-order valence-electron chi connectivity index (χ4n) is 4.54. The Labute approximate surface area is 223 Å². The predicted molar refractivity (Wildman–Crippen MR) is 153 cm³/mol. The van der Waals surface area contributed by atoms with Gasteiger partial charge in [0.2, 0.25) is 0 Å². The topological polar surface area (TPSA) is 27.7 Å². The van der Waals surface area contributed by atoms with Crippen LogP contribution >= 0.6 is 15.9 Å². The van der Waals surface area contributed by atoms with Gasteiger partial charge in [-0.1, -0.05) is 145 Å². The highest BCUT2D eigenvalue weighted by atomic mass is 79.9. The second-order valence-corrected chi connectivity index (χ2v) is 10.9. The molecule has 0 radical (unpaired) electrons. The summed E-state index contributed by atoms with van der Waals surface area (Å²) in [6, 6.07) is 0. The summed E-state index contributed by atoms with van der Waals surface area (Å²) in [5.41, 5.74) is 0. The Kier molecular flexibility index (Phi) is 31.7. The molecule has 0 saturated carbocycles. The molecule has 1 atom stereocenters. The first kappa shape index (κ1) is 34.4. The third-order valence-corrected chi connectivity index (χ3v) is 7.07. The monoisotopic (exact) mass is 548 g/mol. The average molecular weight is 550 g/mol. The van der Waals surface area contributed by atoms with Gasteiger partial charge in [-0.05, 0) is 18.8 Å². The van der Waals surface area contributed by atoms with Crippen molar-refractivity contribution in [2.24, 2.45) is 5.92 Å². The van der Waals surface area contributed by atoms with Gasteiger partial charge in [0, 0.05) is 11.9 Å². The van der Waals surface area contributed by atoms with Gasteiger partial charge in [0.1, 0.15) is 0 Å². The molecule has 0 rings (SSSR count). The third-order valence-electron chi connectivity index (χ3n) is 6.75. The van der Waals surface area contributed by atoms with E-state index in [1.807, 2.05) is 0 Å². The molecule has 0 saturated heterocycles. The molecular weight excluding hydrogens is 488 g/mol. The molecule has 0 aliphatic heterocycles. The molecule has 4 heteroatoms. The lowest BCUT2D eigenvalue weighted by Gasteiger charge is -2.17. The Bertz CT molecular complexity index is 354. The van der Waals surface area contributed by atoms with E-state index in [0.717, 1.165) is 24.5 Å². The third kappa shape index (κ3) is 28.6. The molecule has 3 nitrogen and oxygen atoms in total. The van der Waals surface area contributed by atoms with Gasteiger partial charge in [0.25, 0.3) is 0 Å². The number of alkyl halides is 1. The minimum Gasteiger partial charge on any atom is -0.379 e. The van der Waals surface area contributed by atoms with Crippen LogP contribution in [0.1, 0.15) is 142 Å². The number of rotatable bonds is 30. The van der Waals surface area contributed by atoms with Crippen LogP contribution in [0.2, 0.25) is 0 Å². The fraction of sp³-hybridized carbons (Fsp3) is 1.00. The van der Waals surface area contributed by atoms with E-state index in [2.05, 4.69) is 29.8 Å². The zero-order valence-electron chi connectivity index (χ0n) is 23.3. The van der Waals surface area contributed by atoms with Gasteiger partial charge in [0.15, 0.2) is 0 Å². The molecule has 206 valence electrons. The van der Waals surface area contributed by atoms with E-state index < -0.39 is 0 Å². The molecule has 0 aromatic rings. The second-order valence-electron chi connectivity index (χ2n) is 10.1. The summed E-state index contributed by atoms with van der Waals surface area (Å²) >= 11 is 3.36. The number of hydrogen-bond acceptors (Lipinski definition) is 3. The number of ether oxygens (including phenoxy) is 3. The maximum absolute atomic E-state index is 6.02. The van der Waals surface area contributed by atoms with Crippen LogP contribution in [-0.2, 0) is 14.2 Å². The smallest absolute Gasteiger partial charge is 0.0701 e. The van der Waals surface area contributed by atoms with E-state index >= 15 is 0 Å². The summed E-state index contributed by atoms with van der Waals surface area (Å²) in [7, 11) is 0. The molecule has 0 aromatic heterocycles. The van der Waals surface area contributed by atoms with E-state index in [1.165, 1.54) is 128 Å². The van der Waals surface area contributed by atoms with Crippen LogP contribution in [0.15, 0.2) is 0 Å². The van der Waals surface area contributed by atoms with Gasteiger partial charge in [-0.3, -0.25) is 0 Å². The molecule has 0 heterocycles. The Hall–Kier alpha value is 0.360. The van der Waals surface area contributed by atoms with Crippen LogP contribution in [0.3, 0.4) is 0 Å². The minimum absolute atomic E-state index is 0.663. The van der Waals surface area contributed by atoms with Gasteiger partial charge in [-0.25, -0.2) is 0 Å². The highest BCUT2D eigenvalue weighted by molar-refractivity contribution is 9.09. The first-order valence-electron chi connectivity index (χ1n) is 15.1. The zero-order chi connectivity index (χ0) is 24.8. The quantitative estimate of drug-likeness (QED) is 0.0659. The molecule has 0 aliphatic carbocycles. The van der Waals surface area contributed by atoms with Crippen molar-refractivity contribution in [2.45, 2.75) is 142 Å². The minimum atomic E-state index is 0.663. The second kappa shape index (κ2) is 31.4.